The number of hydrogen-bond donors (Lipinski definition) is 2. The summed E-state index contributed by atoms with van der Waals surface area (Å²) in [7, 11) is 0. The average molecular weight is 355 g/mol. The number of carbonyl (C=O) groups excluding carboxylic acids is 2. The summed E-state index contributed by atoms with van der Waals surface area (Å²) in [5.74, 6) is -0.234. The van der Waals surface area contributed by atoms with Crippen LogP contribution < -0.4 is 5.32 Å². The van der Waals surface area contributed by atoms with E-state index >= 15 is 0 Å². The molecule has 1 aliphatic rings. The highest BCUT2D eigenvalue weighted by molar-refractivity contribution is 9.10. The highest BCUT2D eigenvalue weighted by Crippen LogP contribution is 2.19. The summed E-state index contributed by atoms with van der Waals surface area (Å²) >= 11 is 3.31. The lowest BCUT2D eigenvalue weighted by atomic mass is 10.0. The Labute approximate surface area is 132 Å². The Morgan fingerprint density at radius 2 is 2.10 bits per heavy atom. The predicted octanol–water partition coefficient (Wildman–Crippen LogP) is 1.41. The Hall–Kier alpha value is -1.40. The van der Waals surface area contributed by atoms with Gasteiger partial charge in [0.15, 0.2) is 0 Å². The van der Waals surface area contributed by atoms with Gasteiger partial charge in [-0.3, -0.25) is 9.59 Å². The minimum atomic E-state index is -0.403. The lowest BCUT2D eigenvalue weighted by Gasteiger charge is -2.18. The van der Waals surface area contributed by atoms with Gasteiger partial charge in [0.25, 0.3) is 5.91 Å². The molecule has 2 amide bonds. The quantitative estimate of drug-likeness (QED) is 0.858. The minimum absolute atomic E-state index is 0.0125. The monoisotopic (exact) mass is 354 g/mol. The first-order chi connectivity index (χ1) is 9.97. The van der Waals surface area contributed by atoms with E-state index in [0.29, 0.717) is 18.7 Å². The van der Waals surface area contributed by atoms with Crippen LogP contribution in [0.25, 0.3) is 0 Å². The molecule has 114 valence electrons. The molecular formula is C15H19BrN2O3. The van der Waals surface area contributed by atoms with Crippen molar-refractivity contribution in [3.05, 3.63) is 34.3 Å². The molecule has 0 saturated carbocycles. The molecule has 0 radical (unpaired) electrons. The molecule has 0 bridgehead atoms. The van der Waals surface area contributed by atoms with E-state index < -0.39 is 6.10 Å². The van der Waals surface area contributed by atoms with Crippen molar-refractivity contribution in [1.82, 2.24) is 10.2 Å². The van der Waals surface area contributed by atoms with Gasteiger partial charge >= 0.3 is 0 Å². The summed E-state index contributed by atoms with van der Waals surface area (Å²) in [6.45, 7) is 2.93. The van der Waals surface area contributed by atoms with Gasteiger partial charge in [-0.15, -0.1) is 0 Å². The van der Waals surface area contributed by atoms with Crippen molar-refractivity contribution < 1.29 is 14.7 Å². The SMILES string of the molecule is CC(O)C1CCN(C(=O)CNC(=O)c2ccc(Br)cc2)C1. The zero-order chi connectivity index (χ0) is 15.4. The Balaban J connectivity index is 1.81. The maximum absolute atomic E-state index is 12.0. The maximum Gasteiger partial charge on any atom is 0.251 e. The number of likely N-dealkylation sites (tertiary alicyclic amines) is 1. The van der Waals surface area contributed by atoms with Gasteiger partial charge in [0, 0.05) is 29.0 Å². The van der Waals surface area contributed by atoms with E-state index in [1.807, 2.05) is 0 Å². The standard InChI is InChI=1S/C15H19BrN2O3/c1-10(19)12-6-7-18(9-12)14(20)8-17-15(21)11-2-4-13(16)5-3-11/h2-5,10,12,19H,6-9H2,1H3,(H,17,21). The summed E-state index contributed by atoms with van der Waals surface area (Å²) in [5, 5.41) is 12.2. The molecule has 1 aromatic carbocycles. The molecule has 1 aromatic rings. The van der Waals surface area contributed by atoms with Gasteiger partial charge in [-0.05, 0) is 37.6 Å². The van der Waals surface area contributed by atoms with Gasteiger partial charge in [-0.2, -0.15) is 0 Å². The molecule has 21 heavy (non-hydrogen) atoms. The molecule has 1 fully saturated rings. The molecule has 2 rings (SSSR count). The zero-order valence-electron chi connectivity index (χ0n) is 11.9. The largest absolute Gasteiger partial charge is 0.393 e. The number of halogens is 1. The normalized spacial score (nSPS) is 19.4. The average Bonchev–Trinajstić information content (AvgIpc) is 2.95. The lowest BCUT2D eigenvalue weighted by molar-refractivity contribution is -0.129. The maximum atomic E-state index is 12.0. The second kappa shape index (κ2) is 7.04. The molecule has 5 nitrogen and oxygen atoms in total. The summed E-state index contributed by atoms with van der Waals surface area (Å²) in [5.41, 5.74) is 0.522. The van der Waals surface area contributed by atoms with Crippen molar-refractivity contribution in [3.63, 3.8) is 0 Å². The molecule has 0 aliphatic carbocycles. The van der Waals surface area contributed by atoms with Crippen LogP contribution in [0.2, 0.25) is 0 Å². The fraction of sp³-hybridized carbons (Fsp3) is 0.467. The molecule has 2 atom stereocenters. The van der Waals surface area contributed by atoms with Crippen LogP contribution in [-0.4, -0.2) is 47.6 Å². The number of nitrogens with zero attached hydrogens (tertiary/aromatic N) is 1. The van der Waals surface area contributed by atoms with Gasteiger partial charge in [0.1, 0.15) is 0 Å². The molecule has 2 unspecified atom stereocenters. The Kier molecular flexibility index (Phi) is 5.36. The van der Waals surface area contributed by atoms with Crippen molar-refractivity contribution in [2.75, 3.05) is 19.6 Å². The molecule has 6 heteroatoms. The van der Waals surface area contributed by atoms with Crippen LogP contribution in [0.4, 0.5) is 0 Å². The second-order valence-corrected chi connectivity index (χ2v) is 6.23. The van der Waals surface area contributed by atoms with E-state index in [2.05, 4.69) is 21.2 Å². The first-order valence-corrected chi connectivity index (χ1v) is 7.76. The van der Waals surface area contributed by atoms with Crippen molar-refractivity contribution in [3.8, 4) is 0 Å². The summed E-state index contributed by atoms with van der Waals surface area (Å²) in [6.07, 6.45) is 0.407. The van der Waals surface area contributed by atoms with Crippen LogP contribution >= 0.6 is 15.9 Å². The van der Waals surface area contributed by atoms with Crippen molar-refractivity contribution in [2.24, 2.45) is 5.92 Å². The minimum Gasteiger partial charge on any atom is -0.393 e. The van der Waals surface area contributed by atoms with Gasteiger partial charge in [-0.1, -0.05) is 15.9 Å². The summed E-state index contributed by atoms with van der Waals surface area (Å²) in [4.78, 5) is 25.6. The van der Waals surface area contributed by atoms with Gasteiger partial charge in [-0.25, -0.2) is 0 Å². The highest BCUT2D eigenvalue weighted by atomic mass is 79.9. The number of benzene rings is 1. The molecular weight excluding hydrogens is 336 g/mol. The third-order valence-electron chi connectivity index (χ3n) is 3.77. The number of nitrogens with one attached hydrogen (secondary N) is 1. The molecule has 0 spiro atoms. The number of hydrogen-bond acceptors (Lipinski definition) is 3. The number of amides is 2. The van der Waals surface area contributed by atoms with Crippen molar-refractivity contribution in [2.45, 2.75) is 19.4 Å². The van der Waals surface area contributed by atoms with Gasteiger partial charge < -0.3 is 15.3 Å². The van der Waals surface area contributed by atoms with Gasteiger partial charge in [0.2, 0.25) is 5.91 Å². The molecule has 2 N–H and O–H groups in total. The fourth-order valence-electron chi connectivity index (χ4n) is 2.38. The smallest absolute Gasteiger partial charge is 0.251 e. The fourth-order valence-corrected chi connectivity index (χ4v) is 2.64. The summed E-state index contributed by atoms with van der Waals surface area (Å²) in [6, 6.07) is 6.96. The van der Waals surface area contributed by atoms with Crippen molar-refractivity contribution >= 4 is 27.7 Å². The second-order valence-electron chi connectivity index (χ2n) is 5.32. The highest BCUT2D eigenvalue weighted by Gasteiger charge is 2.28. The van der Waals surface area contributed by atoms with E-state index in [-0.39, 0.29) is 24.3 Å². The van der Waals surface area contributed by atoms with E-state index in [4.69, 9.17) is 0 Å². The summed E-state index contributed by atoms with van der Waals surface area (Å²) < 4.78 is 0.899. The van der Waals surface area contributed by atoms with Crippen LogP contribution in [0.5, 0.6) is 0 Å². The Bertz CT molecular complexity index is 516. The molecule has 1 aliphatic heterocycles. The number of rotatable bonds is 4. The number of aliphatic hydroxyl groups excluding tert-OH is 1. The van der Waals surface area contributed by atoms with E-state index in [0.717, 1.165) is 10.9 Å². The predicted molar refractivity (Wildman–Crippen MR) is 82.8 cm³/mol. The van der Waals surface area contributed by atoms with E-state index in [9.17, 15) is 14.7 Å². The van der Waals surface area contributed by atoms with Crippen LogP contribution in [-0.2, 0) is 4.79 Å². The number of carbonyl (C=O) groups is 2. The Morgan fingerprint density at radius 1 is 1.43 bits per heavy atom. The molecule has 0 aromatic heterocycles. The zero-order valence-corrected chi connectivity index (χ0v) is 13.5. The van der Waals surface area contributed by atoms with E-state index in [1.54, 1.807) is 36.1 Å². The topological polar surface area (TPSA) is 69.6 Å². The Morgan fingerprint density at radius 3 is 2.67 bits per heavy atom. The first kappa shape index (κ1) is 16.0. The van der Waals surface area contributed by atoms with Crippen LogP contribution in [0.1, 0.15) is 23.7 Å². The number of aliphatic hydroxyl groups is 1. The molecule has 1 heterocycles. The van der Waals surface area contributed by atoms with Crippen LogP contribution in [0.3, 0.4) is 0 Å². The van der Waals surface area contributed by atoms with Crippen molar-refractivity contribution in [1.29, 1.82) is 0 Å². The van der Waals surface area contributed by atoms with Crippen LogP contribution in [0.15, 0.2) is 28.7 Å². The van der Waals surface area contributed by atoms with E-state index in [1.165, 1.54) is 0 Å². The molecule has 1 saturated heterocycles. The first-order valence-electron chi connectivity index (χ1n) is 6.97. The lowest BCUT2D eigenvalue weighted by Crippen LogP contribution is -2.39. The van der Waals surface area contributed by atoms with Gasteiger partial charge in [0.05, 0.1) is 12.6 Å². The third-order valence-corrected chi connectivity index (χ3v) is 4.29. The third kappa shape index (κ3) is 4.28. The van der Waals surface area contributed by atoms with Crippen LogP contribution in [0, 0.1) is 5.92 Å².